The van der Waals surface area contributed by atoms with E-state index in [0.717, 1.165) is 0 Å². The number of rotatable bonds is 4. The lowest BCUT2D eigenvalue weighted by Gasteiger charge is -2.35. The quantitative estimate of drug-likeness (QED) is 0.663. The van der Waals surface area contributed by atoms with Crippen LogP contribution in [0.5, 0.6) is 0 Å². The molecule has 1 saturated heterocycles. The molecule has 2 fully saturated rings. The van der Waals surface area contributed by atoms with Crippen molar-refractivity contribution in [3.8, 4) is 11.1 Å². The Morgan fingerprint density at radius 3 is 2.35 bits per heavy atom. The number of ether oxygens (including phenoxy) is 1. The molecule has 2 aromatic carbocycles. The van der Waals surface area contributed by atoms with Gasteiger partial charge in [-0.2, -0.15) is 0 Å². The molecule has 182 valence electrons. The van der Waals surface area contributed by atoms with E-state index in [1.54, 1.807) is 45.0 Å². The summed E-state index contributed by atoms with van der Waals surface area (Å²) in [6.07, 6.45) is -1.30. The minimum absolute atomic E-state index is 0.0435. The Hall–Kier alpha value is -3.03. The highest BCUT2D eigenvalue weighted by Crippen LogP contribution is 2.51. The van der Waals surface area contributed by atoms with Crippen molar-refractivity contribution in [3.63, 3.8) is 0 Å². The predicted octanol–water partition coefficient (Wildman–Crippen LogP) is 5.20. The molecule has 0 aromatic heterocycles. The van der Waals surface area contributed by atoms with Crippen molar-refractivity contribution < 1.29 is 27.5 Å². The van der Waals surface area contributed by atoms with E-state index in [-0.39, 0.29) is 36.9 Å². The Morgan fingerprint density at radius 2 is 1.68 bits per heavy atom. The summed E-state index contributed by atoms with van der Waals surface area (Å²) in [4.78, 5) is 26.7. The van der Waals surface area contributed by atoms with Gasteiger partial charge in [-0.3, -0.25) is 4.79 Å². The molecule has 0 radical (unpaired) electrons. The minimum atomic E-state index is -1.27. The van der Waals surface area contributed by atoms with Gasteiger partial charge in [0.05, 0.1) is 18.2 Å². The van der Waals surface area contributed by atoms with Crippen LogP contribution in [0.25, 0.3) is 11.1 Å². The molecule has 2 aromatic rings. The van der Waals surface area contributed by atoms with Crippen LogP contribution >= 0.6 is 0 Å². The molecule has 4 rings (SSSR count). The standard InChI is InChI=1S/C26H29F3N2O3/c1-26(2,3)34-25(33)30-16-11-15(27)13-31(14-16)24(32)20-12-19(20)17-7-4-5-8-18(17)23-21(28)9-6-10-22(23)29/h4-10,15-16,19-20H,11-14H2,1-3H3,(H,30,33)/t15-,16+,19+,20-/m1/s1. The number of amides is 2. The summed E-state index contributed by atoms with van der Waals surface area (Å²) in [5.41, 5.74) is 0.321. The van der Waals surface area contributed by atoms with Crippen LogP contribution in [0.15, 0.2) is 42.5 Å². The highest BCUT2D eigenvalue weighted by atomic mass is 19.1. The minimum Gasteiger partial charge on any atom is -0.444 e. The lowest BCUT2D eigenvalue weighted by Crippen LogP contribution is -2.54. The van der Waals surface area contributed by atoms with Crippen molar-refractivity contribution in [2.75, 3.05) is 13.1 Å². The first-order valence-electron chi connectivity index (χ1n) is 11.5. The normalized spacial score (nSPS) is 24.5. The van der Waals surface area contributed by atoms with Gasteiger partial charge in [-0.1, -0.05) is 30.3 Å². The fourth-order valence-electron chi connectivity index (χ4n) is 4.65. The molecule has 2 amide bonds. The van der Waals surface area contributed by atoms with Gasteiger partial charge in [0.25, 0.3) is 0 Å². The molecular weight excluding hydrogens is 445 g/mol. The maximum absolute atomic E-state index is 14.4. The summed E-state index contributed by atoms with van der Waals surface area (Å²) in [7, 11) is 0. The number of hydrogen-bond acceptors (Lipinski definition) is 3. The molecule has 0 unspecified atom stereocenters. The Kier molecular flexibility index (Phi) is 6.60. The van der Waals surface area contributed by atoms with Crippen LogP contribution in [0.3, 0.4) is 0 Å². The lowest BCUT2D eigenvalue weighted by atomic mass is 9.95. The van der Waals surface area contributed by atoms with Gasteiger partial charge < -0.3 is 15.0 Å². The first kappa shape index (κ1) is 24.1. The highest BCUT2D eigenvalue weighted by Gasteiger charge is 2.48. The highest BCUT2D eigenvalue weighted by molar-refractivity contribution is 5.84. The second-order valence-corrected chi connectivity index (χ2v) is 10.1. The van der Waals surface area contributed by atoms with E-state index in [2.05, 4.69) is 5.32 Å². The van der Waals surface area contributed by atoms with E-state index in [4.69, 9.17) is 4.74 Å². The lowest BCUT2D eigenvalue weighted by molar-refractivity contribution is -0.135. The van der Waals surface area contributed by atoms with Crippen LogP contribution in [0.2, 0.25) is 0 Å². The van der Waals surface area contributed by atoms with E-state index >= 15 is 0 Å². The average Bonchev–Trinajstić information content (AvgIpc) is 3.52. The molecular formula is C26H29F3N2O3. The van der Waals surface area contributed by atoms with Gasteiger partial charge in [0.15, 0.2) is 0 Å². The van der Waals surface area contributed by atoms with Crippen LogP contribution in [0.1, 0.15) is 45.1 Å². The Labute approximate surface area is 197 Å². The maximum atomic E-state index is 14.4. The number of halogens is 3. The third kappa shape index (κ3) is 5.37. The number of carbonyl (C=O) groups is 2. The zero-order valence-corrected chi connectivity index (χ0v) is 19.5. The summed E-state index contributed by atoms with van der Waals surface area (Å²) in [6.45, 7) is 5.35. The molecule has 1 saturated carbocycles. The van der Waals surface area contributed by atoms with Crippen LogP contribution in [0.4, 0.5) is 18.0 Å². The van der Waals surface area contributed by atoms with Gasteiger partial charge in [-0.15, -0.1) is 0 Å². The van der Waals surface area contributed by atoms with Crippen LogP contribution in [-0.2, 0) is 9.53 Å². The number of nitrogens with zero attached hydrogens (tertiary/aromatic N) is 1. The van der Waals surface area contributed by atoms with Crippen molar-refractivity contribution >= 4 is 12.0 Å². The zero-order valence-electron chi connectivity index (χ0n) is 19.5. The van der Waals surface area contributed by atoms with Crippen molar-refractivity contribution in [2.24, 2.45) is 5.92 Å². The maximum Gasteiger partial charge on any atom is 0.407 e. The second-order valence-electron chi connectivity index (χ2n) is 10.1. The number of piperidine rings is 1. The van der Waals surface area contributed by atoms with Crippen LogP contribution < -0.4 is 5.32 Å². The van der Waals surface area contributed by atoms with E-state index in [1.807, 2.05) is 0 Å². The number of likely N-dealkylation sites (tertiary alicyclic amines) is 1. The third-order valence-corrected chi connectivity index (χ3v) is 6.13. The van der Waals surface area contributed by atoms with Crippen molar-refractivity contribution in [2.45, 2.75) is 57.3 Å². The van der Waals surface area contributed by atoms with E-state index in [1.165, 1.54) is 23.1 Å². The second kappa shape index (κ2) is 9.31. The molecule has 1 heterocycles. The number of alkyl carbamates (subject to hydrolysis) is 1. The van der Waals surface area contributed by atoms with Gasteiger partial charge in [0.1, 0.15) is 23.4 Å². The molecule has 1 aliphatic heterocycles. The van der Waals surface area contributed by atoms with Gasteiger partial charge in [-0.25, -0.2) is 18.0 Å². The zero-order chi connectivity index (χ0) is 24.6. The molecule has 8 heteroatoms. The van der Waals surface area contributed by atoms with Gasteiger partial charge in [-0.05, 0) is 56.4 Å². The first-order valence-corrected chi connectivity index (χ1v) is 11.5. The Morgan fingerprint density at radius 1 is 1.00 bits per heavy atom. The Balaban J connectivity index is 1.47. The molecule has 1 aliphatic carbocycles. The van der Waals surface area contributed by atoms with Crippen molar-refractivity contribution in [1.82, 2.24) is 10.2 Å². The fourth-order valence-corrected chi connectivity index (χ4v) is 4.65. The van der Waals surface area contributed by atoms with Gasteiger partial charge >= 0.3 is 6.09 Å². The molecule has 4 atom stereocenters. The topological polar surface area (TPSA) is 58.6 Å². The summed E-state index contributed by atoms with van der Waals surface area (Å²) < 4.78 is 48.6. The van der Waals surface area contributed by atoms with Gasteiger partial charge in [0.2, 0.25) is 5.91 Å². The van der Waals surface area contributed by atoms with Crippen molar-refractivity contribution in [1.29, 1.82) is 0 Å². The smallest absolute Gasteiger partial charge is 0.407 e. The predicted molar refractivity (Wildman–Crippen MR) is 122 cm³/mol. The first-order chi connectivity index (χ1) is 16.0. The number of alkyl halides is 1. The van der Waals surface area contributed by atoms with E-state index < -0.39 is 41.5 Å². The SMILES string of the molecule is CC(C)(C)OC(=O)N[C@H]1C[C@@H](F)CN(C(=O)[C@@H]2C[C@H]2c2ccccc2-c2c(F)cccc2F)C1. The molecule has 1 N–H and O–H groups in total. The Bertz CT molecular complexity index is 1060. The monoisotopic (exact) mass is 474 g/mol. The fraction of sp³-hybridized carbons (Fsp3) is 0.462. The summed E-state index contributed by atoms with van der Waals surface area (Å²) >= 11 is 0. The molecule has 34 heavy (non-hydrogen) atoms. The largest absolute Gasteiger partial charge is 0.444 e. The van der Waals surface area contributed by atoms with E-state index in [9.17, 15) is 22.8 Å². The van der Waals surface area contributed by atoms with Crippen LogP contribution in [0, 0.1) is 17.6 Å². The molecule has 0 spiro atoms. The number of hydrogen-bond donors (Lipinski definition) is 1. The summed E-state index contributed by atoms with van der Waals surface area (Å²) in [6, 6.07) is 10.1. The third-order valence-electron chi connectivity index (χ3n) is 6.13. The van der Waals surface area contributed by atoms with E-state index in [0.29, 0.717) is 17.5 Å². The molecule has 5 nitrogen and oxygen atoms in total. The number of carbonyl (C=O) groups excluding carboxylic acids is 2. The van der Waals surface area contributed by atoms with Crippen LogP contribution in [-0.4, -0.2) is 47.8 Å². The summed E-state index contributed by atoms with van der Waals surface area (Å²) in [5, 5.41) is 2.66. The van der Waals surface area contributed by atoms with Gasteiger partial charge in [0, 0.05) is 18.9 Å². The average molecular weight is 475 g/mol. The molecule has 2 aliphatic rings. The molecule has 0 bridgehead atoms. The summed E-state index contributed by atoms with van der Waals surface area (Å²) in [5.74, 6) is -2.15. The number of nitrogens with one attached hydrogen (secondary N) is 1. The van der Waals surface area contributed by atoms with Crippen molar-refractivity contribution in [3.05, 3.63) is 59.7 Å². The number of benzene rings is 2.